The van der Waals surface area contributed by atoms with Crippen molar-refractivity contribution in [1.29, 1.82) is 0 Å². The van der Waals surface area contributed by atoms with E-state index in [1.807, 2.05) is 92.7 Å². The highest BCUT2D eigenvalue weighted by Crippen LogP contribution is 2.27. The molecule has 0 bridgehead atoms. The minimum atomic E-state index is -0.346. The molecule has 0 unspecified atom stereocenters. The van der Waals surface area contributed by atoms with Crippen molar-refractivity contribution < 1.29 is 4.79 Å². The molecule has 3 aromatic carbocycles. The van der Waals surface area contributed by atoms with Crippen LogP contribution in [0.5, 0.6) is 0 Å². The summed E-state index contributed by atoms with van der Waals surface area (Å²) in [6.07, 6.45) is 0. The van der Waals surface area contributed by atoms with Gasteiger partial charge in [-0.25, -0.2) is 9.67 Å². The molecule has 5 aromatic rings. The number of rotatable bonds is 5. The van der Waals surface area contributed by atoms with Crippen LogP contribution in [0.25, 0.3) is 28.5 Å². The molecule has 0 atom stereocenters. The SMILES string of the molecule is Cc1cccc(-n2nnc(C(=O)Nc3ccccc3-c3nc(-c4ccccc4)n[nH]3)c2C)c1. The van der Waals surface area contributed by atoms with Gasteiger partial charge in [0.2, 0.25) is 0 Å². The van der Waals surface area contributed by atoms with E-state index in [0.717, 1.165) is 22.4 Å². The fourth-order valence-electron chi connectivity index (χ4n) is 3.62. The number of nitrogens with zero attached hydrogens (tertiary/aromatic N) is 5. The zero-order valence-electron chi connectivity index (χ0n) is 18.1. The van der Waals surface area contributed by atoms with Gasteiger partial charge in [0.1, 0.15) is 0 Å². The monoisotopic (exact) mass is 435 g/mol. The molecule has 33 heavy (non-hydrogen) atoms. The first-order chi connectivity index (χ1) is 16.1. The molecule has 0 saturated carbocycles. The third kappa shape index (κ3) is 4.01. The van der Waals surface area contributed by atoms with E-state index < -0.39 is 0 Å². The molecule has 162 valence electrons. The third-order valence-corrected chi connectivity index (χ3v) is 5.30. The van der Waals surface area contributed by atoms with Crippen LogP contribution in [0.3, 0.4) is 0 Å². The second-order valence-corrected chi connectivity index (χ2v) is 7.65. The number of carbonyl (C=O) groups is 1. The molecular formula is C25H21N7O. The van der Waals surface area contributed by atoms with Gasteiger partial charge in [-0.3, -0.25) is 9.89 Å². The molecule has 0 fully saturated rings. The minimum Gasteiger partial charge on any atom is -0.320 e. The van der Waals surface area contributed by atoms with Crippen LogP contribution in [0.4, 0.5) is 5.69 Å². The van der Waals surface area contributed by atoms with E-state index in [9.17, 15) is 4.79 Å². The summed E-state index contributed by atoms with van der Waals surface area (Å²) in [6, 6.07) is 25.0. The zero-order chi connectivity index (χ0) is 22.8. The van der Waals surface area contributed by atoms with Crippen LogP contribution in [-0.4, -0.2) is 36.1 Å². The maximum Gasteiger partial charge on any atom is 0.278 e. The van der Waals surface area contributed by atoms with Gasteiger partial charge in [0, 0.05) is 11.1 Å². The Kier molecular flexibility index (Phi) is 5.24. The van der Waals surface area contributed by atoms with Gasteiger partial charge in [-0.15, -0.1) is 5.10 Å². The van der Waals surface area contributed by atoms with Crippen LogP contribution >= 0.6 is 0 Å². The normalized spacial score (nSPS) is 10.8. The summed E-state index contributed by atoms with van der Waals surface area (Å²) >= 11 is 0. The summed E-state index contributed by atoms with van der Waals surface area (Å²) in [6.45, 7) is 3.83. The van der Waals surface area contributed by atoms with Crippen molar-refractivity contribution in [1.82, 2.24) is 30.2 Å². The second-order valence-electron chi connectivity index (χ2n) is 7.65. The Hall–Kier alpha value is -4.59. The van der Waals surface area contributed by atoms with E-state index in [0.29, 0.717) is 23.0 Å². The van der Waals surface area contributed by atoms with Crippen molar-refractivity contribution in [2.45, 2.75) is 13.8 Å². The molecule has 2 N–H and O–H groups in total. The molecule has 2 heterocycles. The first-order valence-corrected chi connectivity index (χ1v) is 10.5. The van der Waals surface area contributed by atoms with Gasteiger partial charge in [0.25, 0.3) is 5.91 Å². The fourth-order valence-corrected chi connectivity index (χ4v) is 3.62. The van der Waals surface area contributed by atoms with E-state index in [2.05, 4.69) is 30.8 Å². The summed E-state index contributed by atoms with van der Waals surface area (Å²) < 4.78 is 1.66. The first-order valence-electron chi connectivity index (χ1n) is 10.5. The van der Waals surface area contributed by atoms with E-state index in [1.54, 1.807) is 4.68 Å². The zero-order valence-corrected chi connectivity index (χ0v) is 18.1. The molecule has 0 saturated heterocycles. The van der Waals surface area contributed by atoms with Crippen molar-refractivity contribution >= 4 is 11.6 Å². The van der Waals surface area contributed by atoms with Gasteiger partial charge >= 0.3 is 0 Å². The fraction of sp³-hybridized carbons (Fsp3) is 0.0800. The highest BCUT2D eigenvalue weighted by molar-refractivity contribution is 6.05. The highest BCUT2D eigenvalue weighted by Gasteiger charge is 2.20. The van der Waals surface area contributed by atoms with Crippen LogP contribution in [0.1, 0.15) is 21.7 Å². The molecule has 8 nitrogen and oxygen atoms in total. The Morgan fingerprint density at radius 1 is 0.939 bits per heavy atom. The summed E-state index contributed by atoms with van der Waals surface area (Å²) in [5.74, 6) is 0.801. The predicted octanol–water partition coefficient (Wildman–Crippen LogP) is 4.59. The number of para-hydroxylation sites is 1. The number of hydrogen-bond donors (Lipinski definition) is 2. The van der Waals surface area contributed by atoms with Gasteiger partial charge in [-0.05, 0) is 43.7 Å². The van der Waals surface area contributed by atoms with E-state index >= 15 is 0 Å². The molecular weight excluding hydrogens is 414 g/mol. The predicted molar refractivity (Wildman–Crippen MR) is 126 cm³/mol. The van der Waals surface area contributed by atoms with Crippen molar-refractivity contribution in [3.8, 4) is 28.5 Å². The quantitative estimate of drug-likeness (QED) is 0.420. The Bertz CT molecular complexity index is 1440. The molecule has 0 radical (unpaired) electrons. The molecule has 0 spiro atoms. The summed E-state index contributed by atoms with van der Waals surface area (Å²) in [7, 11) is 0. The Labute approximate surface area is 190 Å². The number of nitrogens with one attached hydrogen (secondary N) is 2. The molecule has 5 rings (SSSR count). The minimum absolute atomic E-state index is 0.258. The lowest BCUT2D eigenvalue weighted by atomic mass is 10.1. The summed E-state index contributed by atoms with van der Waals surface area (Å²) in [5, 5.41) is 18.6. The maximum atomic E-state index is 13.1. The van der Waals surface area contributed by atoms with Crippen molar-refractivity contribution in [2.75, 3.05) is 5.32 Å². The molecule has 0 aliphatic carbocycles. The van der Waals surface area contributed by atoms with Crippen molar-refractivity contribution in [3.63, 3.8) is 0 Å². The third-order valence-electron chi connectivity index (χ3n) is 5.30. The average molecular weight is 435 g/mol. The van der Waals surface area contributed by atoms with E-state index in [-0.39, 0.29) is 11.6 Å². The van der Waals surface area contributed by atoms with Crippen molar-refractivity contribution in [3.05, 3.63) is 95.8 Å². The van der Waals surface area contributed by atoms with Gasteiger partial charge in [0.05, 0.1) is 17.1 Å². The Morgan fingerprint density at radius 3 is 2.55 bits per heavy atom. The summed E-state index contributed by atoms with van der Waals surface area (Å²) in [4.78, 5) is 17.7. The second kappa shape index (κ2) is 8.51. The van der Waals surface area contributed by atoms with E-state index in [4.69, 9.17) is 0 Å². The molecule has 0 aliphatic heterocycles. The van der Waals surface area contributed by atoms with Crippen LogP contribution in [0, 0.1) is 13.8 Å². The first kappa shape index (κ1) is 20.3. The smallest absolute Gasteiger partial charge is 0.278 e. The van der Waals surface area contributed by atoms with Crippen molar-refractivity contribution in [2.24, 2.45) is 0 Å². The largest absolute Gasteiger partial charge is 0.320 e. The number of anilines is 1. The van der Waals surface area contributed by atoms with Gasteiger partial charge in [0.15, 0.2) is 17.3 Å². The Balaban J connectivity index is 1.43. The highest BCUT2D eigenvalue weighted by atomic mass is 16.2. The van der Waals surface area contributed by atoms with Gasteiger partial charge in [-0.2, -0.15) is 5.10 Å². The number of aromatic amines is 1. The van der Waals surface area contributed by atoms with Crippen LogP contribution in [0.2, 0.25) is 0 Å². The van der Waals surface area contributed by atoms with Crippen LogP contribution < -0.4 is 5.32 Å². The topological polar surface area (TPSA) is 101 Å². The van der Waals surface area contributed by atoms with E-state index in [1.165, 1.54) is 0 Å². The number of aromatic nitrogens is 6. The lowest BCUT2D eigenvalue weighted by Crippen LogP contribution is -2.15. The van der Waals surface area contributed by atoms with Gasteiger partial charge in [-0.1, -0.05) is 59.8 Å². The number of aryl methyl sites for hydroxylation is 1. The standard InChI is InChI=1S/C25H21N7O/c1-16-9-8-12-19(15-16)32-17(2)22(28-31-32)25(33)26-21-14-7-6-13-20(21)24-27-23(29-30-24)18-10-4-3-5-11-18/h3-15H,1-2H3,(H,26,33)(H,27,29,30). The lowest BCUT2D eigenvalue weighted by molar-refractivity contribution is 0.102. The molecule has 2 aromatic heterocycles. The number of amides is 1. The molecule has 8 heteroatoms. The van der Waals surface area contributed by atoms with Crippen LogP contribution in [-0.2, 0) is 0 Å². The number of hydrogen-bond acceptors (Lipinski definition) is 5. The number of benzene rings is 3. The maximum absolute atomic E-state index is 13.1. The molecule has 1 amide bonds. The number of carbonyl (C=O) groups excluding carboxylic acids is 1. The van der Waals surface area contributed by atoms with Crippen LogP contribution in [0.15, 0.2) is 78.9 Å². The number of H-pyrrole nitrogens is 1. The lowest BCUT2D eigenvalue weighted by Gasteiger charge is -2.09. The summed E-state index contributed by atoms with van der Waals surface area (Å²) in [5.41, 5.74) is 5.10. The molecule has 0 aliphatic rings. The van der Waals surface area contributed by atoms with Gasteiger partial charge < -0.3 is 5.32 Å². The Morgan fingerprint density at radius 2 is 1.73 bits per heavy atom. The average Bonchev–Trinajstić information content (AvgIpc) is 3.47.